The predicted octanol–water partition coefficient (Wildman–Crippen LogP) is 2.55. The van der Waals surface area contributed by atoms with Gasteiger partial charge in [0.05, 0.1) is 6.04 Å². The van der Waals surface area contributed by atoms with Gasteiger partial charge in [-0.2, -0.15) is 0 Å². The maximum atomic E-state index is 11.9. The molecule has 0 bridgehead atoms. The Bertz CT molecular complexity index is 422. The van der Waals surface area contributed by atoms with E-state index in [2.05, 4.69) is 38.3 Å². The van der Waals surface area contributed by atoms with E-state index >= 15 is 0 Å². The lowest BCUT2D eigenvalue weighted by molar-refractivity contribution is -0.127. The molecule has 1 N–H and O–H groups in total. The van der Waals surface area contributed by atoms with Crippen molar-refractivity contribution in [3.8, 4) is 0 Å². The van der Waals surface area contributed by atoms with Crippen LogP contribution in [0.5, 0.6) is 0 Å². The number of hydrogen-bond donors (Lipinski definition) is 1. The molecule has 0 aromatic heterocycles. The zero-order valence-corrected chi connectivity index (χ0v) is 12.2. The minimum atomic E-state index is 0.0303. The maximum absolute atomic E-state index is 11.9. The molecule has 2 rings (SSSR count). The molecule has 1 aromatic carbocycles. The Kier molecular flexibility index (Phi) is 4.78. The molecule has 1 aliphatic rings. The molecule has 98 valence electrons. The third-order valence-electron chi connectivity index (χ3n) is 3.44. The number of hydrogen-bond acceptors (Lipinski definition) is 2. The Balaban J connectivity index is 2.07. The molecule has 1 aliphatic heterocycles. The predicted molar refractivity (Wildman–Crippen MR) is 76.3 cm³/mol. The van der Waals surface area contributed by atoms with Gasteiger partial charge in [-0.3, -0.25) is 9.69 Å². The number of halogens is 1. The summed E-state index contributed by atoms with van der Waals surface area (Å²) >= 11 is 3.49. The fourth-order valence-electron chi connectivity index (χ4n) is 2.51. The standard InChI is InChI=1S/C14H19BrN2O/c1-16-14(18)13-7-2-3-8-17(13)10-11-5-4-6-12(15)9-11/h4-6,9,13H,2-3,7-8,10H2,1H3,(H,16,18). The van der Waals surface area contributed by atoms with Crippen molar-refractivity contribution in [3.05, 3.63) is 34.3 Å². The van der Waals surface area contributed by atoms with Gasteiger partial charge >= 0.3 is 0 Å². The Labute approximate surface area is 117 Å². The van der Waals surface area contributed by atoms with E-state index in [0.717, 1.165) is 30.4 Å². The third-order valence-corrected chi connectivity index (χ3v) is 3.93. The topological polar surface area (TPSA) is 32.3 Å². The van der Waals surface area contributed by atoms with Gasteiger partial charge in [-0.05, 0) is 37.1 Å². The molecule has 1 saturated heterocycles. The van der Waals surface area contributed by atoms with Crippen LogP contribution in [0.15, 0.2) is 28.7 Å². The number of carbonyl (C=O) groups excluding carboxylic acids is 1. The van der Waals surface area contributed by atoms with Crippen LogP contribution in [-0.4, -0.2) is 30.4 Å². The van der Waals surface area contributed by atoms with Crippen LogP contribution < -0.4 is 5.32 Å². The number of rotatable bonds is 3. The average Bonchev–Trinajstić information content (AvgIpc) is 2.38. The second-order valence-corrected chi connectivity index (χ2v) is 5.64. The van der Waals surface area contributed by atoms with Crippen molar-refractivity contribution in [2.75, 3.05) is 13.6 Å². The number of likely N-dealkylation sites (tertiary alicyclic amines) is 1. The van der Waals surface area contributed by atoms with Crippen LogP contribution in [0.1, 0.15) is 24.8 Å². The SMILES string of the molecule is CNC(=O)C1CCCCN1Cc1cccc(Br)c1. The minimum absolute atomic E-state index is 0.0303. The third kappa shape index (κ3) is 3.33. The second-order valence-electron chi connectivity index (χ2n) is 4.73. The monoisotopic (exact) mass is 310 g/mol. The molecule has 18 heavy (non-hydrogen) atoms. The summed E-state index contributed by atoms with van der Waals surface area (Å²) in [6.45, 7) is 1.85. The number of likely N-dealkylation sites (N-methyl/N-ethyl adjacent to an activating group) is 1. The van der Waals surface area contributed by atoms with Crippen LogP contribution in [0.3, 0.4) is 0 Å². The first-order chi connectivity index (χ1) is 8.70. The normalized spacial score (nSPS) is 20.7. The lowest BCUT2D eigenvalue weighted by Gasteiger charge is -2.34. The second kappa shape index (κ2) is 6.34. The number of amides is 1. The first-order valence-corrected chi connectivity index (χ1v) is 7.20. The smallest absolute Gasteiger partial charge is 0.237 e. The van der Waals surface area contributed by atoms with Crippen LogP contribution in [0, 0.1) is 0 Å². The van der Waals surface area contributed by atoms with Gasteiger partial charge in [-0.1, -0.05) is 34.5 Å². The molecular formula is C14H19BrN2O. The van der Waals surface area contributed by atoms with E-state index in [0.29, 0.717) is 0 Å². The highest BCUT2D eigenvalue weighted by Crippen LogP contribution is 2.21. The highest BCUT2D eigenvalue weighted by atomic mass is 79.9. The van der Waals surface area contributed by atoms with E-state index in [1.54, 1.807) is 7.05 Å². The van der Waals surface area contributed by atoms with Crippen molar-refractivity contribution in [2.24, 2.45) is 0 Å². The number of benzene rings is 1. The zero-order chi connectivity index (χ0) is 13.0. The Hall–Kier alpha value is -0.870. The number of nitrogens with zero attached hydrogens (tertiary/aromatic N) is 1. The molecule has 0 radical (unpaired) electrons. The summed E-state index contributed by atoms with van der Waals surface area (Å²) in [5.41, 5.74) is 1.25. The summed E-state index contributed by atoms with van der Waals surface area (Å²) in [6.07, 6.45) is 3.29. The fourth-order valence-corrected chi connectivity index (χ4v) is 2.96. The Morgan fingerprint density at radius 1 is 1.50 bits per heavy atom. The molecule has 1 atom stereocenters. The van der Waals surface area contributed by atoms with E-state index in [-0.39, 0.29) is 11.9 Å². The summed E-state index contributed by atoms with van der Waals surface area (Å²) in [4.78, 5) is 14.2. The Morgan fingerprint density at radius 3 is 3.06 bits per heavy atom. The maximum Gasteiger partial charge on any atom is 0.237 e. The van der Waals surface area contributed by atoms with Crippen LogP contribution >= 0.6 is 15.9 Å². The molecule has 3 nitrogen and oxygen atoms in total. The van der Waals surface area contributed by atoms with Crippen LogP contribution in [0.4, 0.5) is 0 Å². The van der Waals surface area contributed by atoms with Crippen molar-refractivity contribution in [3.63, 3.8) is 0 Å². The quantitative estimate of drug-likeness (QED) is 0.930. The molecule has 1 aromatic rings. The molecule has 1 amide bonds. The molecule has 0 saturated carbocycles. The van der Waals surface area contributed by atoms with Crippen molar-refractivity contribution >= 4 is 21.8 Å². The largest absolute Gasteiger partial charge is 0.358 e. The molecule has 0 spiro atoms. The van der Waals surface area contributed by atoms with Gasteiger partial charge in [0.2, 0.25) is 5.91 Å². The molecule has 0 aliphatic carbocycles. The van der Waals surface area contributed by atoms with Gasteiger partial charge in [-0.25, -0.2) is 0 Å². The zero-order valence-electron chi connectivity index (χ0n) is 10.7. The number of nitrogens with one attached hydrogen (secondary N) is 1. The highest BCUT2D eigenvalue weighted by Gasteiger charge is 2.27. The van der Waals surface area contributed by atoms with Crippen LogP contribution in [0.2, 0.25) is 0 Å². The van der Waals surface area contributed by atoms with Gasteiger partial charge in [0, 0.05) is 18.1 Å². The number of carbonyl (C=O) groups is 1. The lowest BCUT2D eigenvalue weighted by Crippen LogP contribution is -2.48. The van der Waals surface area contributed by atoms with E-state index in [1.165, 1.54) is 12.0 Å². The van der Waals surface area contributed by atoms with E-state index in [1.807, 2.05) is 12.1 Å². The van der Waals surface area contributed by atoms with Crippen molar-refractivity contribution in [2.45, 2.75) is 31.8 Å². The first kappa shape index (κ1) is 13.6. The summed E-state index contributed by atoms with van der Waals surface area (Å²) in [6, 6.07) is 8.33. The fraction of sp³-hybridized carbons (Fsp3) is 0.500. The Morgan fingerprint density at radius 2 is 2.33 bits per heavy atom. The van der Waals surface area contributed by atoms with E-state index in [9.17, 15) is 4.79 Å². The van der Waals surface area contributed by atoms with Gasteiger partial charge in [0.1, 0.15) is 0 Å². The molecule has 1 heterocycles. The van der Waals surface area contributed by atoms with E-state index in [4.69, 9.17) is 0 Å². The first-order valence-electron chi connectivity index (χ1n) is 6.41. The van der Waals surface area contributed by atoms with Crippen LogP contribution in [-0.2, 0) is 11.3 Å². The van der Waals surface area contributed by atoms with Crippen LogP contribution in [0.25, 0.3) is 0 Å². The molecule has 4 heteroatoms. The molecule has 1 unspecified atom stereocenters. The molecular weight excluding hydrogens is 292 g/mol. The summed E-state index contributed by atoms with van der Waals surface area (Å²) < 4.78 is 1.09. The van der Waals surface area contributed by atoms with Gasteiger partial charge in [0.15, 0.2) is 0 Å². The van der Waals surface area contributed by atoms with Gasteiger partial charge in [0.25, 0.3) is 0 Å². The van der Waals surface area contributed by atoms with Gasteiger partial charge < -0.3 is 5.32 Å². The summed E-state index contributed by atoms with van der Waals surface area (Å²) in [5.74, 6) is 0.143. The lowest BCUT2D eigenvalue weighted by atomic mass is 10.0. The highest BCUT2D eigenvalue weighted by molar-refractivity contribution is 9.10. The van der Waals surface area contributed by atoms with E-state index < -0.39 is 0 Å². The average molecular weight is 311 g/mol. The van der Waals surface area contributed by atoms with Crippen molar-refractivity contribution in [1.29, 1.82) is 0 Å². The van der Waals surface area contributed by atoms with Crippen molar-refractivity contribution in [1.82, 2.24) is 10.2 Å². The van der Waals surface area contributed by atoms with Gasteiger partial charge in [-0.15, -0.1) is 0 Å². The minimum Gasteiger partial charge on any atom is -0.358 e. The summed E-state index contributed by atoms with van der Waals surface area (Å²) in [5, 5.41) is 2.77. The van der Waals surface area contributed by atoms with Crippen molar-refractivity contribution < 1.29 is 4.79 Å². The molecule has 1 fully saturated rings. The number of piperidine rings is 1. The summed E-state index contributed by atoms with van der Waals surface area (Å²) in [7, 11) is 1.72.